The molecule has 0 aliphatic heterocycles. The van der Waals surface area contributed by atoms with Crippen LogP contribution in [0.3, 0.4) is 0 Å². The van der Waals surface area contributed by atoms with E-state index in [1.54, 1.807) is 0 Å². The number of carbonyl (C=O) groups excluding carboxylic acids is 2. The maximum atomic E-state index is 11.5. The molecule has 0 rings (SSSR count). The molecule has 0 aromatic carbocycles. The predicted molar refractivity (Wildman–Crippen MR) is 88.6 cm³/mol. The Morgan fingerprint density at radius 2 is 1.45 bits per heavy atom. The van der Waals surface area contributed by atoms with E-state index >= 15 is 0 Å². The van der Waals surface area contributed by atoms with Crippen LogP contribution in [0.15, 0.2) is 12.2 Å². The average Bonchev–Trinajstić information content (AvgIpc) is 2.49. The Hall–Kier alpha value is -1.32. The first-order chi connectivity index (χ1) is 10.6. The molecule has 0 aliphatic carbocycles. The van der Waals surface area contributed by atoms with Gasteiger partial charge < -0.3 is 9.47 Å². The first kappa shape index (κ1) is 20.7. The molecule has 0 fully saturated rings. The van der Waals surface area contributed by atoms with Crippen molar-refractivity contribution in [2.75, 3.05) is 6.61 Å². The van der Waals surface area contributed by atoms with E-state index in [2.05, 4.69) is 6.92 Å². The number of ether oxygens (including phenoxy) is 2. The lowest BCUT2D eigenvalue weighted by atomic mass is 10.1. The van der Waals surface area contributed by atoms with E-state index < -0.39 is 11.9 Å². The summed E-state index contributed by atoms with van der Waals surface area (Å²) in [6.07, 6.45) is 12.2. The Balaban J connectivity index is 3.70. The quantitative estimate of drug-likeness (QED) is 0.284. The second-order valence-electron chi connectivity index (χ2n) is 5.66. The van der Waals surface area contributed by atoms with Gasteiger partial charge in [-0.2, -0.15) is 0 Å². The summed E-state index contributed by atoms with van der Waals surface area (Å²) in [4.78, 5) is 22.8. The Kier molecular flexibility index (Phi) is 13.7. The zero-order chi connectivity index (χ0) is 16.6. The van der Waals surface area contributed by atoms with Crippen molar-refractivity contribution >= 4 is 11.9 Å². The molecule has 0 aliphatic rings. The fraction of sp³-hybridized carbons (Fsp3) is 0.778. The molecule has 128 valence electrons. The molecule has 0 bridgehead atoms. The Bertz CT molecular complexity index is 323. The highest BCUT2D eigenvalue weighted by Gasteiger charge is 2.07. The van der Waals surface area contributed by atoms with Gasteiger partial charge in [0.2, 0.25) is 0 Å². The smallest absolute Gasteiger partial charge is 0.331 e. The summed E-state index contributed by atoms with van der Waals surface area (Å²) in [6.45, 7) is 6.50. The molecule has 1 unspecified atom stereocenters. The summed E-state index contributed by atoms with van der Waals surface area (Å²) >= 11 is 0. The van der Waals surface area contributed by atoms with Crippen LogP contribution in [0.4, 0.5) is 0 Å². The number of unbranched alkanes of at least 4 members (excludes halogenated alkanes) is 6. The minimum atomic E-state index is -0.492. The van der Waals surface area contributed by atoms with E-state index in [1.165, 1.54) is 32.1 Å². The molecule has 0 spiro atoms. The van der Waals surface area contributed by atoms with Gasteiger partial charge in [-0.25, -0.2) is 9.59 Å². The van der Waals surface area contributed by atoms with Crippen LogP contribution in [-0.4, -0.2) is 24.6 Å². The molecule has 0 N–H and O–H groups in total. The van der Waals surface area contributed by atoms with Gasteiger partial charge in [0, 0.05) is 12.2 Å². The monoisotopic (exact) mass is 312 g/mol. The predicted octanol–water partition coefficient (Wildman–Crippen LogP) is 4.57. The van der Waals surface area contributed by atoms with Crippen molar-refractivity contribution in [1.82, 2.24) is 0 Å². The summed E-state index contributed by atoms with van der Waals surface area (Å²) in [6, 6.07) is 0. The highest BCUT2D eigenvalue weighted by Crippen LogP contribution is 2.10. The topological polar surface area (TPSA) is 52.6 Å². The van der Waals surface area contributed by atoms with Gasteiger partial charge >= 0.3 is 11.9 Å². The second kappa shape index (κ2) is 14.6. The van der Waals surface area contributed by atoms with Gasteiger partial charge in [0.05, 0.1) is 12.7 Å². The Labute approximate surface area is 135 Å². The molecule has 1 atom stereocenters. The standard InChI is InChI=1S/C18H32O4/c1-4-6-8-9-10-11-12-16(3)22-18(20)14-13-17(19)21-15-7-5-2/h13-14,16H,4-12,15H2,1-3H3/b14-13+. The molecule has 0 radical (unpaired) electrons. The van der Waals surface area contributed by atoms with Gasteiger partial charge in [0.1, 0.15) is 0 Å². The fourth-order valence-corrected chi connectivity index (χ4v) is 2.01. The number of hydrogen-bond acceptors (Lipinski definition) is 4. The molecule has 0 saturated heterocycles. The van der Waals surface area contributed by atoms with E-state index in [1.807, 2.05) is 13.8 Å². The van der Waals surface area contributed by atoms with Gasteiger partial charge in [-0.15, -0.1) is 0 Å². The third kappa shape index (κ3) is 13.7. The van der Waals surface area contributed by atoms with Crippen LogP contribution < -0.4 is 0 Å². The van der Waals surface area contributed by atoms with Gasteiger partial charge in [-0.3, -0.25) is 0 Å². The molecule has 0 saturated carbocycles. The molecule has 0 amide bonds. The van der Waals surface area contributed by atoms with Gasteiger partial charge in [0.25, 0.3) is 0 Å². The number of esters is 2. The molecular formula is C18H32O4. The molecule has 4 nitrogen and oxygen atoms in total. The highest BCUT2D eigenvalue weighted by atomic mass is 16.5. The van der Waals surface area contributed by atoms with Crippen LogP contribution in [0, 0.1) is 0 Å². The zero-order valence-corrected chi connectivity index (χ0v) is 14.4. The third-order valence-corrected chi connectivity index (χ3v) is 3.38. The summed E-state index contributed by atoms with van der Waals surface area (Å²) in [5.74, 6) is -0.972. The van der Waals surface area contributed by atoms with Crippen molar-refractivity contribution in [1.29, 1.82) is 0 Å². The minimum Gasteiger partial charge on any atom is -0.463 e. The summed E-state index contributed by atoms with van der Waals surface area (Å²) in [7, 11) is 0. The summed E-state index contributed by atoms with van der Waals surface area (Å²) in [5, 5.41) is 0. The van der Waals surface area contributed by atoms with Crippen LogP contribution in [-0.2, 0) is 19.1 Å². The van der Waals surface area contributed by atoms with Crippen molar-refractivity contribution in [2.24, 2.45) is 0 Å². The van der Waals surface area contributed by atoms with Crippen molar-refractivity contribution in [2.45, 2.75) is 84.7 Å². The first-order valence-electron chi connectivity index (χ1n) is 8.65. The van der Waals surface area contributed by atoms with Gasteiger partial charge in [-0.05, 0) is 26.2 Å². The van der Waals surface area contributed by atoms with E-state index in [0.29, 0.717) is 6.61 Å². The highest BCUT2D eigenvalue weighted by molar-refractivity contribution is 5.91. The fourth-order valence-electron chi connectivity index (χ4n) is 2.01. The molecule has 0 heterocycles. The lowest BCUT2D eigenvalue weighted by Gasteiger charge is -2.11. The van der Waals surface area contributed by atoms with Crippen molar-refractivity contribution in [3.8, 4) is 0 Å². The maximum Gasteiger partial charge on any atom is 0.331 e. The maximum absolute atomic E-state index is 11.5. The third-order valence-electron chi connectivity index (χ3n) is 3.38. The zero-order valence-electron chi connectivity index (χ0n) is 14.4. The molecular weight excluding hydrogens is 280 g/mol. The van der Waals surface area contributed by atoms with Crippen molar-refractivity contribution < 1.29 is 19.1 Å². The van der Waals surface area contributed by atoms with Crippen LogP contribution in [0.5, 0.6) is 0 Å². The molecule has 22 heavy (non-hydrogen) atoms. The molecule has 0 aromatic rings. The lowest BCUT2D eigenvalue weighted by Crippen LogP contribution is -2.13. The lowest BCUT2D eigenvalue weighted by molar-refractivity contribution is -0.143. The number of hydrogen-bond donors (Lipinski definition) is 0. The van der Waals surface area contributed by atoms with Crippen molar-refractivity contribution in [3.63, 3.8) is 0 Å². The van der Waals surface area contributed by atoms with Gasteiger partial charge in [0.15, 0.2) is 0 Å². The van der Waals surface area contributed by atoms with Crippen LogP contribution in [0.25, 0.3) is 0 Å². The summed E-state index contributed by atoms with van der Waals surface area (Å²) in [5.41, 5.74) is 0. The normalized spacial score (nSPS) is 12.3. The minimum absolute atomic E-state index is 0.112. The number of carbonyl (C=O) groups is 2. The van der Waals surface area contributed by atoms with Crippen molar-refractivity contribution in [3.05, 3.63) is 12.2 Å². The SMILES string of the molecule is CCCCCCCCC(C)OC(=O)/C=C/C(=O)OCCCC. The largest absolute Gasteiger partial charge is 0.463 e. The Morgan fingerprint density at radius 3 is 2.14 bits per heavy atom. The average molecular weight is 312 g/mol. The van der Waals surface area contributed by atoms with E-state index in [4.69, 9.17) is 9.47 Å². The Morgan fingerprint density at radius 1 is 0.864 bits per heavy atom. The van der Waals surface area contributed by atoms with Crippen LogP contribution in [0.1, 0.15) is 78.6 Å². The number of rotatable bonds is 13. The molecule has 4 heteroatoms. The second-order valence-corrected chi connectivity index (χ2v) is 5.66. The molecule has 0 aromatic heterocycles. The van der Waals surface area contributed by atoms with E-state index in [0.717, 1.165) is 37.8 Å². The van der Waals surface area contributed by atoms with Crippen LogP contribution in [0.2, 0.25) is 0 Å². The van der Waals surface area contributed by atoms with E-state index in [-0.39, 0.29) is 6.10 Å². The summed E-state index contributed by atoms with van der Waals surface area (Å²) < 4.78 is 10.1. The van der Waals surface area contributed by atoms with E-state index in [9.17, 15) is 9.59 Å². The van der Waals surface area contributed by atoms with Gasteiger partial charge in [-0.1, -0.05) is 52.4 Å². The van der Waals surface area contributed by atoms with Crippen LogP contribution >= 0.6 is 0 Å². The first-order valence-corrected chi connectivity index (χ1v) is 8.65.